The molecule has 2 aromatic rings. The maximum atomic E-state index is 12.6. The third-order valence-electron chi connectivity index (χ3n) is 3.80. The van der Waals surface area contributed by atoms with E-state index in [-0.39, 0.29) is 17.7 Å². The van der Waals surface area contributed by atoms with E-state index < -0.39 is 0 Å². The minimum absolute atomic E-state index is 0.0309. The SMILES string of the molecule is CCCC(=O)Nc1cccc(NC(=O)c2cc(C(C)C)nn2CC)c1. The zero-order chi connectivity index (χ0) is 18.4. The van der Waals surface area contributed by atoms with Crippen LogP contribution in [0.15, 0.2) is 30.3 Å². The van der Waals surface area contributed by atoms with Crippen molar-refractivity contribution in [1.82, 2.24) is 9.78 Å². The van der Waals surface area contributed by atoms with E-state index in [4.69, 9.17) is 0 Å². The number of aromatic nitrogens is 2. The van der Waals surface area contributed by atoms with Crippen LogP contribution in [0.2, 0.25) is 0 Å². The number of carbonyl (C=O) groups is 2. The van der Waals surface area contributed by atoms with Crippen LogP contribution in [-0.4, -0.2) is 21.6 Å². The van der Waals surface area contributed by atoms with Gasteiger partial charge in [0, 0.05) is 24.3 Å². The van der Waals surface area contributed by atoms with Crippen molar-refractivity contribution in [1.29, 1.82) is 0 Å². The lowest BCUT2D eigenvalue weighted by Crippen LogP contribution is -2.17. The summed E-state index contributed by atoms with van der Waals surface area (Å²) in [6, 6.07) is 8.98. The molecule has 1 aromatic carbocycles. The average molecular weight is 342 g/mol. The summed E-state index contributed by atoms with van der Waals surface area (Å²) < 4.78 is 1.71. The summed E-state index contributed by atoms with van der Waals surface area (Å²) in [4.78, 5) is 24.3. The molecule has 134 valence electrons. The molecule has 2 rings (SSSR count). The van der Waals surface area contributed by atoms with Crippen LogP contribution in [0.5, 0.6) is 0 Å². The molecule has 6 nitrogen and oxygen atoms in total. The Labute approximate surface area is 148 Å². The lowest BCUT2D eigenvalue weighted by Gasteiger charge is -2.09. The maximum Gasteiger partial charge on any atom is 0.273 e. The van der Waals surface area contributed by atoms with Crippen molar-refractivity contribution in [3.8, 4) is 0 Å². The molecular formula is C19H26N4O2. The van der Waals surface area contributed by atoms with Gasteiger partial charge in [-0.1, -0.05) is 26.8 Å². The topological polar surface area (TPSA) is 76.0 Å². The third-order valence-corrected chi connectivity index (χ3v) is 3.80. The largest absolute Gasteiger partial charge is 0.326 e. The summed E-state index contributed by atoms with van der Waals surface area (Å²) in [5, 5.41) is 10.2. The first-order valence-electron chi connectivity index (χ1n) is 8.73. The number of amides is 2. The van der Waals surface area contributed by atoms with Crippen LogP contribution in [0, 0.1) is 0 Å². The number of carbonyl (C=O) groups excluding carboxylic acids is 2. The maximum absolute atomic E-state index is 12.6. The third kappa shape index (κ3) is 4.92. The Morgan fingerprint density at radius 2 is 1.80 bits per heavy atom. The summed E-state index contributed by atoms with van der Waals surface area (Å²) in [6.07, 6.45) is 1.27. The van der Waals surface area contributed by atoms with E-state index >= 15 is 0 Å². The highest BCUT2D eigenvalue weighted by Gasteiger charge is 2.16. The quantitative estimate of drug-likeness (QED) is 0.798. The Morgan fingerprint density at radius 3 is 2.40 bits per heavy atom. The molecule has 0 aliphatic heterocycles. The van der Waals surface area contributed by atoms with Gasteiger partial charge < -0.3 is 10.6 Å². The highest BCUT2D eigenvalue weighted by Crippen LogP contribution is 2.19. The van der Waals surface area contributed by atoms with E-state index in [0.29, 0.717) is 30.0 Å². The van der Waals surface area contributed by atoms with Crippen molar-refractivity contribution in [3.05, 3.63) is 41.7 Å². The normalized spacial score (nSPS) is 10.8. The molecular weight excluding hydrogens is 316 g/mol. The molecule has 1 heterocycles. The van der Waals surface area contributed by atoms with Crippen molar-refractivity contribution in [3.63, 3.8) is 0 Å². The second-order valence-electron chi connectivity index (χ2n) is 6.26. The number of hydrogen-bond donors (Lipinski definition) is 2. The second kappa shape index (κ2) is 8.46. The molecule has 1 aromatic heterocycles. The molecule has 0 radical (unpaired) electrons. The predicted octanol–water partition coefficient (Wildman–Crippen LogP) is 4.02. The van der Waals surface area contributed by atoms with Crippen LogP contribution in [0.4, 0.5) is 11.4 Å². The van der Waals surface area contributed by atoms with Gasteiger partial charge in [-0.15, -0.1) is 0 Å². The van der Waals surface area contributed by atoms with Crippen LogP contribution in [0.3, 0.4) is 0 Å². The van der Waals surface area contributed by atoms with Gasteiger partial charge in [0.15, 0.2) is 0 Å². The van der Waals surface area contributed by atoms with Gasteiger partial charge in [0.25, 0.3) is 5.91 Å². The van der Waals surface area contributed by atoms with Gasteiger partial charge in [-0.3, -0.25) is 14.3 Å². The smallest absolute Gasteiger partial charge is 0.273 e. The molecule has 0 spiro atoms. The Hall–Kier alpha value is -2.63. The first-order valence-corrected chi connectivity index (χ1v) is 8.73. The Balaban J connectivity index is 2.14. The van der Waals surface area contributed by atoms with Crippen molar-refractivity contribution < 1.29 is 9.59 Å². The average Bonchev–Trinajstić information content (AvgIpc) is 3.00. The number of rotatable bonds is 7. The van der Waals surface area contributed by atoms with Gasteiger partial charge in [0.2, 0.25) is 5.91 Å². The molecule has 25 heavy (non-hydrogen) atoms. The lowest BCUT2D eigenvalue weighted by molar-refractivity contribution is -0.116. The zero-order valence-electron chi connectivity index (χ0n) is 15.3. The minimum atomic E-state index is -0.210. The Kier molecular flexibility index (Phi) is 6.33. The fourth-order valence-corrected chi connectivity index (χ4v) is 2.46. The zero-order valence-corrected chi connectivity index (χ0v) is 15.3. The molecule has 0 fully saturated rings. The Morgan fingerprint density at radius 1 is 1.12 bits per heavy atom. The number of nitrogens with one attached hydrogen (secondary N) is 2. The summed E-state index contributed by atoms with van der Waals surface area (Å²) >= 11 is 0. The van der Waals surface area contributed by atoms with E-state index in [1.807, 2.05) is 33.8 Å². The first kappa shape index (κ1) is 18.7. The van der Waals surface area contributed by atoms with Crippen LogP contribution in [0.1, 0.15) is 62.6 Å². The van der Waals surface area contributed by atoms with Crippen LogP contribution in [-0.2, 0) is 11.3 Å². The van der Waals surface area contributed by atoms with Gasteiger partial charge in [-0.05, 0) is 43.5 Å². The van der Waals surface area contributed by atoms with E-state index in [0.717, 1.165) is 12.1 Å². The highest BCUT2D eigenvalue weighted by molar-refractivity contribution is 6.03. The van der Waals surface area contributed by atoms with Crippen molar-refractivity contribution in [2.24, 2.45) is 0 Å². The predicted molar refractivity (Wildman–Crippen MR) is 99.9 cm³/mol. The van der Waals surface area contributed by atoms with Gasteiger partial charge in [0.05, 0.1) is 5.69 Å². The monoisotopic (exact) mass is 342 g/mol. The number of nitrogens with zero attached hydrogens (tertiary/aromatic N) is 2. The molecule has 0 unspecified atom stereocenters. The molecule has 0 bridgehead atoms. The number of benzene rings is 1. The van der Waals surface area contributed by atoms with Crippen molar-refractivity contribution in [2.45, 2.75) is 53.0 Å². The van der Waals surface area contributed by atoms with Gasteiger partial charge in [-0.25, -0.2) is 0 Å². The fraction of sp³-hybridized carbons (Fsp3) is 0.421. The van der Waals surface area contributed by atoms with Gasteiger partial charge in [0.1, 0.15) is 5.69 Å². The van der Waals surface area contributed by atoms with Crippen molar-refractivity contribution in [2.75, 3.05) is 10.6 Å². The van der Waals surface area contributed by atoms with Gasteiger partial charge >= 0.3 is 0 Å². The minimum Gasteiger partial charge on any atom is -0.326 e. The number of anilines is 2. The molecule has 0 aliphatic carbocycles. The molecule has 2 amide bonds. The summed E-state index contributed by atoms with van der Waals surface area (Å²) in [5.74, 6) is 0.0198. The Bertz CT molecular complexity index is 750. The van der Waals surface area contributed by atoms with Crippen LogP contribution in [0.25, 0.3) is 0 Å². The molecule has 0 aliphatic rings. The first-order chi connectivity index (χ1) is 11.9. The fourth-order valence-electron chi connectivity index (χ4n) is 2.46. The summed E-state index contributed by atoms with van der Waals surface area (Å²) in [7, 11) is 0. The van der Waals surface area contributed by atoms with Crippen LogP contribution < -0.4 is 10.6 Å². The van der Waals surface area contributed by atoms with Crippen molar-refractivity contribution >= 4 is 23.2 Å². The van der Waals surface area contributed by atoms with E-state index in [1.54, 1.807) is 28.9 Å². The molecule has 2 N–H and O–H groups in total. The molecule has 0 saturated heterocycles. The van der Waals surface area contributed by atoms with E-state index in [1.165, 1.54) is 0 Å². The highest BCUT2D eigenvalue weighted by atomic mass is 16.2. The number of aryl methyl sites for hydroxylation is 1. The van der Waals surface area contributed by atoms with Crippen LogP contribution >= 0.6 is 0 Å². The van der Waals surface area contributed by atoms with Gasteiger partial charge in [-0.2, -0.15) is 5.10 Å². The summed E-state index contributed by atoms with van der Waals surface area (Å²) in [5.41, 5.74) is 2.73. The molecule has 6 heteroatoms. The second-order valence-corrected chi connectivity index (χ2v) is 6.26. The summed E-state index contributed by atoms with van der Waals surface area (Å²) in [6.45, 7) is 8.64. The molecule has 0 atom stereocenters. The van der Waals surface area contributed by atoms with E-state index in [2.05, 4.69) is 15.7 Å². The number of hydrogen-bond acceptors (Lipinski definition) is 3. The molecule has 0 saturated carbocycles. The lowest BCUT2D eigenvalue weighted by atomic mass is 10.1. The standard InChI is InChI=1S/C19H26N4O2/c1-5-8-18(24)20-14-9-7-10-15(11-14)21-19(25)17-12-16(13(3)4)22-23(17)6-2/h7,9-13H,5-6,8H2,1-4H3,(H,20,24)(H,21,25). The van der Waals surface area contributed by atoms with E-state index in [9.17, 15) is 9.59 Å².